The number of rotatable bonds is 4. The molecule has 2 N–H and O–H groups in total. The lowest BCUT2D eigenvalue weighted by Crippen LogP contribution is -2.49. The maximum Gasteiger partial charge on any atom is 0.409 e. The van der Waals surface area contributed by atoms with Crippen molar-refractivity contribution < 1.29 is 18.8 Å². The van der Waals surface area contributed by atoms with Crippen molar-refractivity contribution in [2.75, 3.05) is 37.7 Å². The highest BCUT2D eigenvalue weighted by Crippen LogP contribution is 2.22. The van der Waals surface area contributed by atoms with Crippen molar-refractivity contribution in [3.8, 4) is 11.4 Å². The second kappa shape index (κ2) is 7.83. The highest BCUT2D eigenvalue weighted by atomic mass is 16.6. The number of piperazine rings is 1. The Labute approximate surface area is 162 Å². The Kier molecular flexibility index (Phi) is 5.48. The van der Waals surface area contributed by atoms with E-state index >= 15 is 0 Å². The lowest BCUT2D eigenvalue weighted by Gasteiger charge is -2.35. The van der Waals surface area contributed by atoms with Crippen LogP contribution in [0.25, 0.3) is 11.4 Å². The van der Waals surface area contributed by atoms with Crippen LogP contribution in [0, 0.1) is 5.41 Å². The Hall–Kier alpha value is -3.17. The Morgan fingerprint density at radius 2 is 1.96 bits per heavy atom. The molecule has 3 heterocycles. The summed E-state index contributed by atoms with van der Waals surface area (Å²) in [7, 11) is 0. The zero-order chi connectivity index (χ0) is 20.3. The average Bonchev–Trinajstić information content (AvgIpc) is 3.16. The standard InChI is InChI=1S/C18H24N6O4/c1-18(2,3)11-27-17(26)24-8-6-23(7-9-24)13-10-12(4-5-20-13)15-21-16(14(19)25)28-22-15/h4-5,10H,6-9,11H2,1-3H3,(H2,19,25). The van der Waals surface area contributed by atoms with Crippen LogP contribution < -0.4 is 10.6 Å². The van der Waals surface area contributed by atoms with E-state index in [1.165, 1.54) is 0 Å². The maximum absolute atomic E-state index is 12.2. The lowest BCUT2D eigenvalue weighted by molar-refractivity contribution is 0.0707. The van der Waals surface area contributed by atoms with Crippen molar-refractivity contribution in [1.29, 1.82) is 0 Å². The molecule has 1 aliphatic heterocycles. The topological polar surface area (TPSA) is 128 Å². The van der Waals surface area contributed by atoms with Crippen LogP contribution in [0.4, 0.5) is 10.6 Å². The molecule has 0 spiro atoms. The molecule has 3 rings (SSSR count). The molecule has 1 saturated heterocycles. The second-order valence-corrected chi connectivity index (χ2v) is 7.78. The van der Waals surface area contributed by atoms with Gasteiger partial charge >= 0.3 is 17.9 Å². The largest absolute Gasteiger partial charge is 0.449 e. The van der Waals surface area contributed by atoms with Gasteiger partial charge in [0.15, 0.2) is 0 Å². The van der Waals surface area contributed by atoms with Gasteiger partial charge in [-0.15, -0.1) is 0 Å². The van der Waals surface area contributed by atoms with Gasteiger partial charge in [0, 0.05) is 37.9 Å². The van der Waals surface area contributed by atoms with Crippen LogP contribution >= 0.6 is 0 Å². The fourth-order valence-electron chi connectivity index (χ4n) is 2.66. The van der Waals surface area contributed by atoms with E-state index in [2.05, 4.69) is 20.0 Å². The van der Waals surface area contributed by atoms with Crippen molar-refractivity contribution in [1.82, 2.24) is 20.0 Å². The Bertz CT molecular complexity index is 852. The number of hydrogen-bond acceptors (Lipinski definition) is 8. The summed E-state index contributed by atoms with van der Waals surface area (Å²) >= 11 is 0. The molecule has 2 amide bonds. The zero-order valence-corrected chi connectivity index (χ0v) is 16.2. The van der Waals surface area contributed by atoms with Crippen molar-refractivity contribution in [2.45, 2.75) is 20.8 Å². The molecular weight excluding hydrogens is 364 g/mol. The SMILES string of the molecule is CC(C)(C)COC(=O)N1CCN(c2cc(-c3noc(C(N)=O)n3)ccn2)CC1. The van der Waals surface area contributed by atoms with E-state index in [9.17, 15) is 9.59 Å². The molecule has 2 aromatic heterocycles. The predicted octanol–water partition coefficient (Wildman–Crippen LogP) is 1.54. The fourth-order valence-corrected chi connectivity index (χ4v) is 2.66. The first-order chi connectivity index (χ1) is 13.2. The van der Waals surface area contributed by atoms with Gasteiger partial charge in [-0.25, -0.2) is 9.78 Å². The van der Waals surface area contributed by atoms with Crippen molar-refractivity contribution >= 4 is 17.8 Å². The summed E-state index contributed by atoms with van der Waals surface area (Å²) in [5, 5.41) is 3.77. The van der Waals surface area contributed by atoms with E-state index < -0.39 is 5.91 Å². The minimum absolute atomic E-state index is 0.0641. The van der Waals surface area contributed by atoms with Gasteiger partial charge in [-0.1, -0.05) is 25.9 Å². The first-order valence-electron chi connectivity index (χ1n) is 8.99. The van der Waals surface area contributed by atoms with Gasteiger partial charge in [0.25, 0.3) is 0 Å². The number of amides is 2. The monoisotopic (exact) mass is 388 g/mol. The average molecular weight is 388 g/mol. The number of aromatic nitrogens is 3. The minimum atomic E-state index is -0.775. The normalized spacial score (nSPS) is 14.8. The van der Waals surface area contributed by atoms with E-state index in [1.54, 1.807) is 17.2 Å². The van der Waals surface area contributed by atoms with E-state index in [0.29, 0.717) is 38.3 Å². The molecule has 0 unspecified atom stereocenters. The molecule has 0 aromatic carbocycles. The highest BCUT2D eigenvalue weighted by molar-refractivity contribution is 5.88. The number of carbonyl (C=O) groups is 2. The van der Waals surface area contributed by atoms with Crippen LogP contribution in [0.2, 0.25) is 0 Å². The third-order valence-corrected chi connectivity index (χ3v) is 4.13. The summed E-state index contributed by atoms with van der Waals surface area (Å²) < 4.78 is 10.2. The molecular formula is C18H24N6O4. The minimum Gasteiger partial charge on any atom is -0.449 e. The number of primary amides is 1. The second-order valence-electron chi connectivity index (χ2n) is 7.78. The van der Waals surface area contributed by atoms with Crippen LogP contribution in [-0.2, 0) is 4.74 Å². The van der Waals surface area contributed by atoms with Gasteiger partial charge < -0.3 is 24.8 Å². The molecule has 0 saturated carbocycles. The van der Waals surface area contributed by atoms with E-state index in [-0.39, 0.29) is 23.2 Å². The van der Waals surface area contributed by atoms with E-state index in [4.69, 9.17) is 15.0 Å². The number of carbonyl (C=O) groups excluding carboxylic acids is 2. The summed E-state index contributed by atoms with van der Waals surface area (Å²) in [4.78, 5) is 35.4. The summed E-state index contributed by atoms with van der Waals surface area (Å²) in [6, 6.07) is 3.53. The summed E-state index contributed by atoms with van der Waals surface area (Å²) in [6.45, 7) is 8.78. The van der Waals surface area contributed by atoms with Crippen LogP contribution in [0.1, 0.15) is 31.5 Å². The molecule has 0 atom stereocenters. The molecule has 0 bridgehead atoms. The smallest absolute Gasteiger partial charge is 0.409 e. The molecule has 10 nitrogen and oxygen atoms in total. The Morgan fingerprint density at radius 1 is 1.25 bits per heavy atom. The number of pyridine rings is 1. The highest BCUT2D eigenvalue weighted by Gasteiger charge is 2.25. The number of hydrogen-bond donors (Lipinski definition) is 1. The van der Waals surface area contributed by atoms with Crippen LogP contribution in [0.15, 0.2) is 22.9 Å². The molecule has 0 radical (unpaired) electrons. The Morgan fingerprint density at radius 3 is 2.57 bits per heavy atom. The third kappa shape index (κ3) is 4.76. The van der Waals surface area contributed by atoms with Gasteiger partial charge in [-0.2, -0.15) is 4.98 Å². The van der Waals surface area contributed by atoms with Crippen LogP contribution in [-0.4, -0.2) is 64.8 Å². The molecule has 150 valence electrons. The van der Waals surface area contributed by atoms with Crippen molar-refractivity contribution in [2.24, 2.45) is 11.1 Å². The quantitative estimate of drug-likeness (QED) is 0.835. The van der Waals surface area contributed by atoms with Gasteiger partial charge in [0.1, 0.15) is 5.82 Å². The number of ether oxygens (including phenoxy) is 1. The summed E-state index contributed by atoms with van der Waals surface area (Å²) in [5.41, 5.74) is 5.73. The first-order valence-corrected chi connectivity index (χ1v) is 8.99. The maximum atomic E-state index is 12.2. The predicted molar refractivity (Wildman–Crippen MR) is 101 cm³/mol. The molecule has 2 aromatic rings. The van der Waals surface area contributed by atoms with Gasteiger partial charge in [0.2, 0.25) is 5.82 Å². The molecule has 0 aliphatic carbocycles. The molecule has 1 fully saturated rings. The summed E-state index contributed by atoms with van der Waals surface area (Å²) in [6.07, 6.45) is 1.34. The van der Waals surface area contributed by atoms with Crippen LogP contribution in [0.3, 0.4) is 0 Å². The fraction of sp³-hybridized carbons (Fsp3) is 0.500. The van der Waals surface area contributed by atoms with Gasteiger partial charge in [-0.3, -0.25) is 4.79 Å². The lowest BCUT2D eigenvalue weighted by atomic mass is 9.99. The van der Waals surface area contributed by atoms with Crippen molar-refractivity contribution in [3.63, 3.8) is 0 Å². The third-order valence-electron chi connectivity index (χ3n) is 4.13. The van der Waals surface area contributed by atoms with E-state index in [0.717, 1.165) is 5.82 Å². The first kappa shape index (κ1) is 19.6. The molecule has 1 aliphatic rings. The number of nitrogens with two attached hydrogens (primary N) is 1. The van der Waals surface area contributed by atoms with Crippen molar-refractivity contribution in [3.05, 3.63) is 24.2 Å². The zero-order valence-electron chi connectivity index (χ0n) is 16.2. The Balaban J connectivity index is 1.61. The van der Waals surface area contributed by atoms with E-state index in [1.807, 2.05) is 26.8 Å². The number of nitrogens with zero attached hydrogens (tertiary/aromatic N) is 5. The van der Waals surface area contributed by atoms with Gasteiger partial charge in [0.05, 0.1) is 6.61 Å². The molecule has 28 heavy (non-hydrogen) atoms. The number of anilines is 1. The van der Waals surface area contributed by atoms with Gasteiger partial charge in [-0.05, 0) is 17.5 Å². The van der Waals surface area contributed by atoms with Crippen LogP contribution in [0.5, 0.6) is 0 Å². The molecule has 10 heteroatoms. The summed E-state index contributed by atoms with van der Waals surface area (Å²) in [5.74, 6) is -0.0225.